The van der Waals surface area contributed by atoms with Crippen molar-refractivity contribution in [1.29, 1.82) is 0 Å². The first-order chi connectivity index (χ1) is 7.33. The molecule has 15 heavy (non-hydrogen) atoms. The Bertz CT molecular complexity index is 447. The molecule has 0 fully saturated rings. The number of hydrogen-bond acceptors (Lipinski definition) is 4. The molecule has 0 saturated heterocycles. The fraction of sp³-hybridized carbons (Fsp3) is 0.300. The molecule has 2 rings (SSSR count). The van der Waals surface area contributed by atoms with Crippen molar-refractivity contribution < 1.29 is 4.79 Å². The van der Waals surface area contributed by atoms with E-state index < -0.39 is 0 Å². The molecule has 4 nitrogen and oxygen atoms in total. The molecule has 0 saturated carbocycles. The van der Waals surface area contributed by atoms with Crippen molar-refractivity contribution in [2.24, 2.45) is 0 Å². The van der Waals surface area contributed by atoms with Crippen LogP contribution in [0.5, 0.6) is 0 Å². The molecular weight excluding hydrogens is 210 g/mol. The van der Waals surface area contributed by atoms with Crippen molar-refractivity contribution in [3.8, 4) is 0 Å². The Morgan fingerprint density at radius 1 is 1.53 bits per heavy atom. The third kappa shape index (κ3) is 1.97. The van der Waals surface area contributed by atoms with Crippen molar-refractivity contribution in [3.63, 3.8) is 0 Å². The minimum absolute atomic E-state index is 0.102. The van der Waals surface area contributed by atoms with Crippen LogP contribution in [0.1, 0.15) is 29.7 Å². The SMILES string of the molecule is CCCn1ccnc1C(=O)c1cscn1. The van der Waals surface area contributed by atoms with Crippen molar-refractivity contribution in [3.05, 3.63) is 34.8 Å². The van der Waals surface area contributed by atoms with Gasteiger partial charge in [0.1, 0.15) is 5.69 Å². The quantitative estimate of drug-likeness (QED) is 0.742. The van der Waals surface area contributed by atoms with Crippen LogP contribution >= 0.6 is 11.3 Å². The van der Waals surface area contributed by atoms with Crippen LogP contribution in [0.25, 0.3) is 0 Å². The average molecular weight is 221 g/mol. The highest BCUT2D eigenvalue weighted by atomic mass is 32.1. The first-order valence-corrected chi connectivity index (χ1v) is 5.71. The second kappa shape index (κ2) is 4.35. The zero-order valence-electron chi connectivity index (χ0n) is 8.38. The Morgan fingerprint density at radius 3 is 3.07 bits per heavy atom. The summed E-state index contributed by atoms with van der Waals surface area (Å²) >= 11 is 1.42. The standard InChI is InChI=1S/C10H11N3OS/c1-2-4-13-5-3-11-10(13)9(14)8-6-15-7-12-8/h3,5-7H,2,4H2,1H3. The topological polar surface area (TPSA) is 47.8 Å². The molecule has 0 bridgehead atoms. The predicted octanol–water partition coefficient (Wildman–Crippen LogP) is 1.98. The highest BCUT2D eigenvalue weighted by Crippen LogP contribution is 2.09. The molecule has 0 radical (unpaired) electrons. The van der Waals surface area contributed by atoms with Crippen LogP contribution < -0.4 is 0 Å². The van der Waals surface area contributed by atoms with E-state index in [2.05, 4.69) is 16.9 Å². The number of imidazole rings is 1. The summed E-state index contributed by atoms with van der Waals surface area (Å²) in [6, 6.07) is 0. The number of carbonyl (C=O) groups excluding carboxylic acids is 1. The van der Waals surface area contributed by atoms with Gasteiger partial charge in [0.25, 0.3) is 0 Å². The van der Waals surface area contributed by atoms with Crippen molar-refractivity contribution in [2.75, 3.05) is 0 Å². The molecule has 0 atom stereocenters. The minimum Gasteiger partial charge on any atom is -0.328 e. The van der Waals surface area contributed by atoms with Gasteiger partial charge in [0, 0.05) is 24.3 Å². The number of rotatable bonds is 4. The summed E-state index contributed by atoms with van der Waals surface area (Å²) < 4.78 is 1.86. The molecule has 5 heteroatoms. The summed E-state index contributed by atoms with van der Waals surface area (Å²) in [6.45, 7) is 2.88. The maximum atomic E-state index is 11.9. The number of aryl methyl sites for hydroxylation is 1. The molecular formula is C10H11N3OS. The molecule has 0 aliphatic carbocycles. The monoisotopic (exact) mass is 221 g/mol. The highest BCUT2D eigenvalue weighted by molar-refractivity contribution is 7.07. The second-order valence-electron chi connectivity index (χ2n) is 3.15. The van der Waals surface area contributed by atoms with Crippen LogP contribution in [0.4, 0.5) is 0 Å². The highest BCUT2D eigenvalue weighted by Gasteiger charge is 2.16. The van der Waals surface area contributed by atoms with Gasteiger partial charge in [-0.1, -0.05) is 6.92 Å². The van der Waals surface area contributed by atoms with Crippen LogP contribution in [-0.2, 0) is 6.54 Å². The average Bonchev–Trinajstić information content (AvgIpc) is 2.87. The van der Waals surface area contributed by atoms with E-state index in [0.29, 0.717) is 11.5 Å². The summed E-state index contributed by atoms with van der Waals surface area (Å²) in [5.74, 6) is 0.373. The van der Waals surface area contributed by atoms with Crippen LogP contribution in [0.15, 0.2) is 23.3 Å². The number of ketones is 1. The Labute approximate surface area is 91.6 Å². The van der Waals surface area contributed by atoms with Gasteiger partial charge in [-0.05, 0) is 6.42 Å². The normalized spacial score (nSPS) is 10.5. The zero-order valence-corrected chi connectivity index (χ0v) is 9.20. The molecule has 0 aliphatic heterocycles. The zero-order chi connectivity index (χ0) is 10.7. The molecule has 2 heterocycles. The van der Waals surface area contributed by atoms with E-state index in [0.717, 1.165) is 13.0 Å². The van der Waals surface area contributed by atoms with Crippen LogP contribution in [-0.4, -0.2) is 20.3 Å². The maximum absolute atomic E-state index is 11.9. The van der Waals surface area contributed by atoms with Gasteiger partial charge in [-0.15, -0.1) is 11.3 Å². The minimum atomic E-state index is -0.102. The number of thiazole rings is 1. The number of aromatic nitrogens is 3. The first kappa shape index (κ1) is 10.0. The van der Waals surface area contributed by atoms with Crippen molar-refractivity contribution in [2.45, 2.75) is 19.9 Å². The summed E-state index contributed by atoms with van der Waals surface area (Å²) in [6.07, 6.45) is 4.45. The maximum Gasteiger partial charge on any atom is 0.247 e. The van der Waals surface area contributed by atoms with Crippen LogP contribution in [0, 0.1) is 0 Å². The Kier molecular flexibility index (Phi) is 2.91. The number of hydrogen-bond donors (Lipinski definition) is 0. The lowest BCUT2D eigenvalue weighted by molar-refractivity contribution is 0.102. The molecule has 0 aromatic carbocycles. The molecule has 0 aliphatic rings. The third-order valence-electron chi connectivity index (χ3n) is 2.05. The Balaban J connectivity index is 2.29. The smallest absolute Gasteiger partial charge is 0.247 e. The van der Waals surface area contributed by atoms with Gasteiger partial charge >= 0.3 is 0 Å². The van der Waals surface area contributed by atoms with Crippen molar-refractivity contribution >= 4 is 17.1 Å². The lowest BCUT2D eigenvalue weighted by Crippen LogP contribution is -2.11. The molecule has 2 aromatic rings. The van der Waals surface area contributed by atoms with E-state index in [1.54, 1.807) is 17.1 Å². The van der Waals surface area contributed by atoms with E-state index in [-0.39, 0.29) is 5.78 Å². The fourth-order valence-electron chi connectivity index (χ4n) is 1.38. The molecule has 78 valence electrons. The second-order valence-corrected chi connectivity index (χ2v) is 3.87. The predicted molar refractivity (Wildman–Crippen MR) is 58.1 cm³/mol. The molecule has 0 amide bonds. The van der Waals surface area contributed by atoms with E-state index in [1.165, 1.54) is 11.3 Å². The Morgan fingerprint density at radius 2 is 2.40 bits per heavy atom. The molecule has 0 spiro atoms. The lowest BCUT2D eigenvalue weighted by Gasteiger charge is -2.02. The Hall–Kier alpha value is -1.49. The summed E-state index contributed by atoms with van der Waals surface area (Å²) in [4.78, 5) is 20.0. The van der Waals surface area contributed by atoms with E-state index in [1.807, 2.05) is 10.8 Å². The number of carbonyl (C=O) groups is 1. The van der Waals surface area contributed by atoms with E-state index in [9.17, 15) is 4.79 Å². The van der Waals surface area contributed by atoms with Gasteiger partial charge in [0.05, 0.1) is 5.51 Å². The first-order valence-electron chi connectivity index (χ1n) is 4.77. The molecule has 2 aromatic heterocycles. The summed E-state index contributed by atoms with van der Waals surface area (Å²) in [7, 11) is 0. The van der Waals surface area contributed by atoms with Gasteiger partial charge in [-0.2, -0.15) is 0 Å². The van der Waals surface area contributed by atoms with E-state index >= 15 is 0 Å². The lowest BCUT2D eigenvalue weighted by atomic mass is 10.3. The largest absolute Gasteiger partial charge is 0.328 e. The van der Waals surface area contributed by atoms with Gasteiger partial charge in [0.2, 0.25) is 5.78 Å². The van der Waals surface area contributed by atoms with Gasteiger partial charge < -0.3 is 4.57 Å². The van der Waals surface area contributed by atoms with E-state index in [4.69, 9.17) is 0 Å². The van der Waals surface area contributed by atoms with Gasteiger partial charge in [-0.25, -0.2) is 9.97 Å². The van der Waals surface area contributed by atoms with Gasteiger partial charge in [0.15, 0.2) is 5.82 Å². The van der Waals surface area contributed by atoms with Crippen molar-refractivity contribution in [1.82, 2.24) is 14.5 Å². The fourth-order valence-corrected chi connectivity index (χ4v) is 1.91. The molecule has 0 unspecified atom stereocenters. The third-order valence-corrected chi connectivity index (χ3v) is 2.63. The molecule has 0 N–H and O–H groups in total. The summed E-state index contributed by atoms with van der Waals surface area (Å²) in [5.41, 5.74) is 2.13. The number of nitrogens with zero attached hydrogens (tertiary/aromatic N) is 3. The van der Waals surface area contributed by atoms with Crippen LogP contribution in [0.2, 0.25) is 0 Å². The van der Waals surface area contributed by atoms with Crippen LogP contribution in [0.3, 0.4) is 0 Å². The van der Waals surface area contributed by atoms with Gasteiger partial charge in [-0.3, -0.25) is 4.79 Å². The summed E-state index contributed by atoms with van der Waals surface area (Å²) in [5, 5.41) is 1.74.